The van der Waals surface area contributed by atoms with Crippen LogP contribution in [-0.2, 0) is 28.6 Å². The Hall–Kier alpha value is -5.23. The summed E-state index contributed by atoms with van der Waals surface area (Å²) in [5.74, 6) is -1.02. The third-order valence-electron chi connectivity index (χ3n) is 12.7. The number of ether oxygens (including phenoxy) is 3. The topological polar surface area (TPSA) is 78.9 Å². The average molecular weight is 1090 g/mol. The number of hydrogen-bond donors (Lipinski definition) is 0. The second-order valence-corrected chi connectivity index (χ2v) is 20.2. The highest BCUT2D eigenvalue weighted by atomic mass is 16.6. The van der Waals surface area contributed by atoms with Gasteiger partial charge in [-0.15, -0.1) is 0 Å². The molecule has 0 aromatic carbocycles. The van der Waals surface area contributed by atoms with Crippen LogP contribution in [-0.4, -0.2) is 37.2 Å². The molecule has 6 nitrogen and oxygen atoms in total. The molecule has 442 valence electrons. The van der Waals surface area contributed by atoms with Gasteiger partial charge in [-0.3, -0.25) is 14.4 Å². The van der Waals surface area contributed by atoms with Crippen LogP contribution in [0.2, 0.25) is 0 Å². The number of carbonyl (C=O) groups excluding carboxylic acids is 3. The molecule has 1 unspecified atom stereocenters. The third kappa shape index (κ3) is 63.5. The maximum absolute atomic E-state index is 12.9. The minimum Gasteiger partial charge on any atom is -0.462 e. The molecule has 1 atom stereocenters. The van der Waals surface area contributed by atoms with Crippen molar-refractivity contribution in [2.24, 2.45) is 0 Å². The van der Waals surface area contributed by atoms with Crippen LogP contribution >= 0.6 is 0 Å². The minimum absolute atomic E-state index is 0.118. The van der Waals surface area contributed by atoms with E-state index >= 15 is 0 Å². The Labute approximate surface area is 485 Å². The predicted molar refractivity (Wildman–Crippen MR) is 343 cm³/mol. The van der Waals surface area contributed by atoms with Crippen molar-refractivity contribution in [1.29, 1.82) is 0 Å². The van der Waals surface area contributed by atoms with Crippen molar-refractivity contribution in [2.75, 3.05) is 13.2 Å². The van der Waals surface area contributed by atoms with Gasteiger partial charge in [-0.25, -0.2) is 0 Å². The van der Waals surface area contributed by atoms with Gasteiger partial charge in [0.25, 0.3) is 0 Å². The second-order valence-electron chi connectivity index (χ2n) is 20.2. The number of hydrogen-bond acceptors (Lipinski definition) is 6. The highest BCUT2D eigenvalue weighted by molar-refractivity contribution is 5.71. The van der Waals surface area contributed by atoms with Gasteiger partial charge in [-0.05, 0) is 128 Å². The SMILES string of the molecule is CC/C=C\C/C=C\C/C=C\C/C=C\C/C=C\C/C=C\C/C=C\CCCCCC(=O)OCC(COC(=O)CCCCCCCCCCCCCCC)OC(=O)CCC/C=C\C/C=C\C/C=C\C/C=C\C/C=C\C/C=C\C/C=C\CC. The van der Waals surface area contributed by atoms with E-state index in [1.807, 2.05) is 0 Å². The fourth-order valence-electron chi connectivity index (χ4n) is 8.06. The normalized spacial score (nSPS) is 13.3. The zero-order chi connectivity index (χ0) is 57.1. The van der Waals surface area contributed by atoms with Gasteiger partial charge in [0, 0.05) is 19.3 Å². The van der Waals surface area contributed by atoms with Gasteiger partial charge in [0.1, 0.15) is 13.2 Å². The molecule has 0 rings (SSSR count). The first-order chi connectivity index (χ1) is 39.0. The summed E-state index contributed by atoms with van der Waals surface area (Å²) in [5, 5.41) is 0. The highest BCUT2D eigenvalue weighted by Crippen LogP contribution is 2.14. The smallest absolute Gasteiger partial charge is 0.306 e. The minimum atomic E-state index is -0.831. The summed E-state index contributed by atoms with van der Waals surface area (Å²) in [6.45, 7) is 6.33. The van der Waals surface area contributed by atoms with Gasteiger partial charge in [0.2, 0.25) is 0 Å². The molecule has 0 aliphatic heterocycles. The van der Waals surface area contributed by atoms with E-state index in [4.69, 9.17) is 14.2 Å². The summed E-state index contributed by atoms with van der Waals surface area (Å²) in [6, 6.07) is 0. The lowest BCUT2D eigenvalue weighted by Gasteiger charge is -2.18. The van der Waals surface area contributed by atoms with E-state index in [1.54, 1.807) is 0 Å². The Morgan fingerprint density at radius 3 is 0.810 bits per heavy atom. The number of allylic oxidation sites excluding steroid dienone is 28. The van der Waals surface area contributed by atoms with E-state index in [-0.39, 0.29) is 37.5 Å². The summed E-state index contributed by atoms with van der Waals surface area (Å²) in [4.78, 5) is 38.3. The van der Waals surface area contributed by atoms with Crippen molar-refractivity contribution in [3.63, 3.8) is 0 Å². The summed E-state index contributed by atoms with van der Waals surface area (Å²) in [7, 11) is 0. The number of rotatable bonds is 55. The molecule has 0 N–H and O–H groups in total. The largest absolute Gasteiger partial charge is 0.462 e. The second kappa shape index (κ2) is 65.3. The summed E-state index contributed by atoms with van der Waals surface area (Å²) in [5.41, 5.74) is 0. The Morgan fingerprint density at radius 2 is 0.506 bits per heavy atom. The standard InChI is InChI=1S/C73H114O6/c1-4-7-10-13-16-19-22-25-27-29-31-33-35-36-38-39-41-43-45-48-51-54-57-60-63-66-72(75)78-69-70(68-77-71(74)65-62-59-56-53-50-47-24-21-18-15-12-9-6-3)79-73(76)67-64-61-58-55-52-49-46-44-42-40-37-34-32-30-28-26-23-20-17-14-11-8-5-2/h7-8,10-11,16-17,19-20,25-28,31-34,36,38,40-43,46,48-49,51,55,58,70H,4-6,9,12-15,18,21-24,29-30,35,37,39,44-45,47,50,52-54,56-57,59-69H2,1-3H3/b10-7-,11-8-,19-16-,20-17-,27-25-,28-26-,33-31-,34-32-,38-36-,42-40-,43-41-,49-46-,51-48-,58-55-. The van der Waals surface area contributed by atoms with E-state index in [0.29, 0.717) is 19.3 Å². The van der Waals surface area contributed by atoms with Crippen molar-refractivity contribution in [1.82, 2.24) is 0 Å². The number of carbonyl (C=O) groups is 3. The van der Waals surface area contributed by atoms with Crippen molar-refractivity contribution >= 4 is 17.9 Å². The quantitative estimate of drug-likeness (QED) is 0.0261. The Balaban J connectivity index is 4.55. The van der Waals surface area contributed by atoms with Crippen molar-refractivity contribution in [3.05, 3.63) is 170 Å². The van der Waals surface area contributed by atoms with Gasteiger partial charge >= 0.3 is 17.9 Å². The summed E-state index contributed by atoms with van der Waals surface area (Å²) >= 11 is 0. The van der Waals surface area contributed by atoms with Crippen LogP contribution in [0.25, 0.3) is 0 Å². The molecular formula is C73H114O6. The zero-order valence-corrected chi connectivity index (χ0v) is 50.6. The lowest BCUT2D eigenvalue weighted by molar-refractivity contribution is -0.167. The lowest BCUT2D eigenvalue weighted by atomic mass is 10.0. The molecule has 0 aliphatic carbocycles. The van der Waals surface area contributed by atoms with E-state index < -0.39 is 6.10 Å². The molecule has 0 saturated carbocycles. The first kappa shape index (κ1) is 73.8. The molecule has 0 radical (unpaired) electrons. The maximum Gasteiger partial charge on any atom is 0.306 e. The van der Waals surface area contributed by atoms with Crippen LogP contribution < -0.4 is 0 Å². The van der Waals surface area contributed by atoms with Gasteiger partial charge in [0.05, 0.1) is 0 Å². The Kier molecular flexibility index (Phi) is 61.0. The monoisotopic (exact) mass is 1090 g/mol. The summed E-state index contributed by atoms with van der Waals surface area (Å²) in [6.07, 6.45) is 96.4. The molecule has 0 aromatic rings. The van der Waals surface area contributed by atoms with Crippen molar-refractivity contribution < 1.29 is 28.6 Å². The average Bonchev–Trinajstić information content (AvgIpc) is 3.45. The van der Waals surface area contributed by atoms with E-state index in [0.717, 1.165) is 141 Å². The Morgan fingerprint density at radius 1 is 0.266 bits per heavy atom. The van der Waals surface area contributed by atoms with Gasteiger partial charge in [-0.1, -0.05) is 274 Å². The molecule has 0 aliphatic rings. The lowest BCUT2D eigenvalue weighted by Crippen LogP contribution is -2.30. The van der Waals surface area contributed by atoms with Crippen molar-refractivity contribution in [3.8, 4) is 0 Å². The molecular weight excluding hydrogens is 973 g/mol. The molecule has 0 spiro atoms. The van der Waals surface area contributed by atoms with Gasteiger partial charge < -0.3 is 14.2 Å². The van der Waals surface area contributed by atoms with Gasteiger partial charge in [0.15, 0.2) is 6.10 Å². The zero-order valence-electron chi connectivity index (χ0n) is 50.6. The molecule has 79 heavy (non-hydrogen) atoms. The van der Waals surface area contributed by atoms with Crippen LogP contribution in [0.4, 0.5) is 0 Å². The van der Waals surface area contributed by atoms with Crippen LogP contribution in [0, 0.1) is 0 Å². The van der Waals surface area contributed by atoms with Crippen LogP contribution in [0.1, 0.15) is 252 Å². The van der Waals surface area contributed by atoms with Crippen LogP contribution in [0.5, 0.6) is 0 Å². The molecule has 0 saturated heterocycles. The van der Waals surface area contributed by atoms with E-state index in [1.165, 1.54) is 64.2 Å². The van der Waals surface area contributed by atoms with E-state index in [2.05, 4.69) is 191 Å². The molecule has 0 fully saturated rings. The van der Waals surface area contributed by atoms with Gasteiger partial charge in [-0.2, -0.15) is 0 Å². The fraction of sp³-hybridized carbons (Fsp3) is 0.575. The maximum atomic E-state index is 12.9. The molecule has 0 aromatic heterocycles. The molecule has 0 amide bonds. The highest BCUT2D eigenvalue weighted by Gasteiger charge is 2.19. The fourth-order valence-corrected chi connectivity index (χ4v) is 8.06. The molecule has 0 heterocycles. The first-order valence-electron chi connectivity index (χ1n) is 31.6. The third-order valence-corrected chi connectivity index (χ3v) is 12.7. The van der Waals surface area contributed by atoms with Crippen molar-refractivity contribution in [2.45, 2.75) is 258 Å². The Bertz CT molecular complexity index is 1820. The first-order valence-corrected chi connectivity index (χ1v) is 31.6. The number of unbranched alkanes of at least 4 members (excludes halogenated alkanes) is 16. The molecule has 0 bridgehead atoms. The van der Waals surface area contributed by atoms with Crippen LogP contribution in [0.3, 0.4) is 0 Å². The molecule has 6 heteroatoms. The van der Waals surface area contributed by atoms with E-state index in [9.17, 15) is 14.4 Å². The van der Waals surface area contributed by atoms with Crippen LogP contribution in [0.15, 0.2) is 170 Å². The number of esters is 3. The predicted octanol–water partition coefficient (Wildman–Crippen LogP) is 21.9. The summed E-state index contributed by atoms with van der Waals surface area (Å²) < 4.78 is 16.8.